The summed E-state index contributed by atoms with van der Waals surface area (Å²) in [6.45, 7) is 3.94. The highest BCUT2D eigenvalue weighted by molar-refractivity contribution is 7.89. The molecule has 0 saturated carbocycles. The Kier molecular flexibility index (Phi) is 4.84. The van der Waals surface area contributed by atoms with Gasteiger partial charge in [-0.3, -0.25) is 4.79 Å². The Labute approximate surface area is 164 Å². The van der Waals surface area contributed by atoms with Crippen molar-refractivity contribution in [3.63, 3.8) is 0 Å². The Morgan fingerprint density at radius 2 is 1.64 bits per heavy atom. The van der Waals surface area contributed by atoms with Crippen molar-refractivity contribution < 1.29 is 17.6 Å². The second kappa shape index (κ2) is 7.18. The topological polar surface area (TPSA) is 60.9 Å². The van der Waals surface area contributed by atoms with Crippen molar-refractivity contribution in [3.8, 4) is 0 Å². The maximum atomic E-state index is 13.1. The molecule has 4 rings (SSSR count). The minimum atomic E-state index is -3.59. The van der Waals surface area contributed by atoms with Gasteiger partial charge in [-0.15, -0.1) is 0 Å². The van der Waals surface area contributed by atoms with E-state index in [4.69, 9.17) is 0 Å². The lowest BCUT2D eigenvalue weighted by molar-refractivity contribution is -0.116. The highest BCUT2D eigenvalue weighted by Crippen LogP contribution is 2.31. The number of fused-ring (bicyclic) bond motifs is 1. The number of benzene rings is 2. The molecule has 148 valence electrons. The second-order valence-electron chi connectivity index (χ2n) is 7.08. The van der Waals surface area contributed by atoms with Crippen molar-refractivity contribution in [2.24, 2.45) is 0 Å². The zero-order valence-electron chi connectivity index (χ0n) is 15.6. The van der Waals surface area contributed by atoms with Gasteiger partial charge in [0.2, 0.25) is 15.9 Å². The summed E-state index contributed by atoms with van der Waals surface area (Å²) in [4.78, 5) is 15.7. The van der Waals surface area contributed by atoms with Gasteiger partial charge in [0, 0.05) is 51.0 Å². The monoisotopic (exact) mass is 403 g/mol. The zero-order valence-corrected chi connectivity index (χ0v) is 16.5. The minimum absolute atomic E-state index is 0.0359. The third-order valence-corrected chi connectivity index (χ3v) is 7.29. The van der Waals surface area contributed by atoms with Gasteiger partial charge in [0.05, 0.1) is 4.90 Å². The van der Waals surface area contributed by atoms with E-state index in [0.717, 1.165) is 16.9 Å². The maximum absolute atomic E-state index is 13.1. The number of rotatable bonds is 3. The van der Waals surface area contributed by atoms with Crippen molar-refractivity contribution in [1.82, 2.24) is 4.31 Å². The van der Waals surface area contributed by atoms with Crippen molar-refractivity contribution in [1.29, 1.82) is 0 Å². The zero-order chi connectivity index (χ0) is 19.9. The van der Waals surface area contributed by atoms with Gasteiger partial charge in [-0.25, -0.2) is 12.8 Å². The molecule has 2 aromatic rings. The minimum Gasteiger partial charge on any atom is -0.369 e. The van der Waals surface area contributed by atoms with Crippen LogP contribution in [-0.4, -0.2) is 51.4 Å². The first-order valence-electron chi connectivity index (χ1n) is 9.28. The molecule has 2 aliphatic heterocycles. The van der Waals surface area contributed by atoms with Crippen molar-refractivity contribution >= 4 is 27.3 Å². The number of halogens is 1. The van der Waals surface area contributed by atoms with Crippen molar-refractivity contribution in [3.05, 3.63) is 53.8 Å². The van der Waals surface area contributed by atoms with Gasteiger partial charge in [-0.2, -0.15) is 4.31 Å². The number of hydrogen-bond acceptors (Lipinski definition) is 4. The highest BCUT2D eigenvalue weighted by Gasteiger charge is 2.30. The molecule has 0 spiro atoms. The summed E-state index contributed by atoms with van der Waals surface area (Å²) in [5.74, 6) is -0.323. The predicted molar refractivity (Wildman–Crippen MR) is 106 cm³/mol. The number of sulfonamides is 1. The largest absolute Gasteiger partial charge is 0.369 e. The normalized spacial score (nSPS) is 17.6. The van der Waals surface area contributed by atoms with Crippen LogP contribution in [0.1, 0.15) is 12.5 Å². The number of piperazine rings is 1. The van der Waals surface area contributed by atoms with Crippen molar-refractivity contribution in [2.45, 2.75) is 18.2 Å². The van der Waals surface area contributed by atoms with E-state index in [1.54, 1.807) is 35.2 Å². The Hall–Kier alpha value is -2.45. The lowest BCUT2D eigenvalue weighted by Crippen LogP contribution is -2.48. The summed E-state index contributed by atoms with van der Waals surface area (Å²) < 4.78 is 40.7. The molecule has 8 heteroatoms. The molecule has 0 unspecified atom stereocenters. The summed E-state index contributed by atoms with van der Waals surface area (Å²) in [5, 5.41) is 0. The maximum Gasteiger partial charge on any atom is 0.243 e. The molecular weight excluding hydrogens is 381 g/mol. The first-order valence-corrected chi connectivity index (χ1v) is 10.7. The molecule has 0 aliphatic carbocycles. The molecule has 0 aromatic heterocycles. The summed E-state index contributed by atoms with van der Waals surface area (Å²) in [5.41, 5.74) is 2.58. The molecular formula is C20H22FN3O3S. The van der Waals surface area contributed by atoms with Crippen molar-refractivity contribution in [2.75, 3.05) is 42.5 Å². The highest BCUT2D eigenvalue weighted by atomic mass is 32.2. The fraction of sp³-hybridized carbons (Fsp3) is 0.350. The van der Waals surface area contributed by atoms with Crippen LogP contribution in [0.2, 0.25) is 0 Å². The van der Waals surface area contributed by atoms with E-state index in [1.165, 1.54) is 23.4 Å². The molecule has 2 heterocycles. The van der Waals surface area contributed by atoms with Crippen LogP contribution in [0, 0.1) is 5.82 Å². The SMILES string of the molecule is CC(=O)N1CCc2cc(S(=O)(=O)N3CCN(c4ccc(F)cc4)CC3)ccc21. The van der Waals surface area contributed by atoms with Crippen LogP contribution in [0.5, 0.6) is 0 Å². The van der Waals surface area contributed by atoms with Gasteiger partial charge >= 0.3 is 0 Å². The van der Waals surface area contributed by atoms with Gasteiger partial charge in [0.15, 0.2) is 0 Å². The van der Waals surface area contributed by atoms with Crippen LogP contribution in [-0.2, 0) is 21.2 Å². The third kappa shape index (κ3) is 3.38. The number of hydrogen-bond donors (Lipinski definition) is 0. The number of carbonyl (C=O) groups excluding carboxylic acids is 1. The quantitative estimate of drug-likeness (QED) is 0.789. The molecule has 2 aromatic carbocycles. The van der Waals surface area contributed by atoms with Gasteiger partial charge in [-0.05, 0) is 54.4 Å². The average Bonchev–Trinajstić information content (AvgIpc) is 3.12. The predicted octanol–water partition coefficient (Wildman–Crippen LogP) is 2.25. The first kappa shape index (κ1) is 18.9. The molecule has 1 amide bonds. The molecule has 28 heavy (non-hydrogen) atoms. The Bertz CT molecular complexity index is 1000. The van der Waals surface area contributed by atoms with Gasteiger partial charge in [0.25, 0.3) is 0 Å². The Balaban J connectivity index is 1.49. The lowest BCUT2D eigenvalue weighted by atomic mass is 10.2. The summed E-state index contributed by atoms with van der Waals surface area (Å²) in [6, 6.07) is 11.2. The van der Waals surface area contributed by atoms with Gasteiger partial charge < -0.3 is 9.80 Å². The fourth-order valence-electron chi connectivity index (χ4n) is 3.85. The van der Waals surface area contributed by atoms with E-state index in [9.17, 15) is 17.6 Å². The van der Waals surface area contributed by atoms with Crippen LogP contribution in [0.3, 0.4) is 0 Å². The molecule has 0 radical (unpaired) electrons. The van der Waals surface area contributed by atoms with E-state index >= 15 is 0 Å². The molecule has 1 fully saturated rings. The van der Waals surface area contributed by atoms with Gasteiger partial charge in [0.1, 0.15) is 5.82 Å². The standard InChI is InChI=1S/C20H22FN3O3S/c1-15(25)24-9-8-16-14-19(6-7-20(16)24)28(26,27)23-12-10-22(11-13-23)18-4-2-17(21)3-5-18/h2-7,14H,8-13H2,1H3. The molecule has 1 saturated heterocycles. The number of nitrogens with zero attached hydrogens (tertiary/aromatic N) is 3. The van der Waals surface area contributed by atoms with E-state index in [1.807, 2.05) is 0 Å². The summed E-state index contributed by atoms with van der Waals surface area (Å²) in [7, 11) is -3.59. The van der Waals surface area contributed by atoms with Crippen LogP contribution in [0.25, 0.3) is 0 Å². The van der Waals surface area contributed by atoms with Crippen LogP contribution in [0.4, 0.5) is 15.8 Å². The first-order chi connectivity index (χ1) is 13.4. The smallest absolute Gasteiger partial charge is 0.243 e. The average molecular weight is 403 g/mol. The van der Waals surface area contributed by atoms with E-state index in [2.05, 4.69) is 4.90 Å². The summed E-state index contributed by atoms with van der Waals surface area (Å²) >= 11 is 0. The Morgan fingerprint density at radius 1 is 0.964 bits per heavy atom. The van der Waals surface area contributed by atoms with Crippen LogP contribution in [0.15, 0.2) is 47.4 Å². The van der Waals surface area contributed by atoms with E-state index in [-0.39, 0.29) is 16.6 Å². The number of carbonyl (C=O) groups is 1. The molecule has 0 N–H and O–H groups in total. The lowest BCUT2D eigenvalue weighted by Gasteiger charge is -2.35. The fourth-order valence-corrected chi connectivity index (χ4v) is 5.33. The summed E-state index contributed by atoms with van der Waals surface area (Å²) in [6.07, 6.45) is 0.663. The number of amides is 1. The number of anilines is 2. The van der Waals surface area contributed by atoms with E-state index < -0.39 is 10.0 Å². The van der Waals surface area contributed by atoms with Gasteiger partial charge in [-0.1, -0.05) is 0 Å². The third-order valence-electron chi connectivity index (χ3n) is 5.39. The molecule has 2 aliphatic rings. The second-order valence-corrected chi connectivity index (χ2v) is 9.02. The van der Waals surface area contributed by atoms with Crippen LogP contribution >= 0.6 is 0 Å². The Morgan fingerprint density at radius 3 is 2.29 bits per heavy atom. The molecule has 6 nitrogen and oxygen atoms in total. The molecule has 0 atom stereocenters. The van der Waals surface area contributed by atoms with E-state index in [0.29, 0.717) is 39.1 Å². The molecule has 0 bridgehead atoms. The van der Waals surface area contributed by atoms with Crippen LogP contribution < -0.4 is 9.80 Å².